The number of hydrogen-bond donors (Lipinski definition) is 2. The van der Waals surface area contributed by atoms with Crippen LogP contribution in [0.4, 0.5) is 10.1 Å². The average Bonchev–Trinajstić information content (AvgIpc) is 3.40. The number of aromatic nitrogens is 2. The van der Waals surface area contributed by atoms with Gasteiger partial charge in [-0.1, -0.05) is 42.0 Å². The van der Waals surface area contributed by atoms with Gasteiger partial charge in [-0.05, 0) is 53.9 Å². The fourth-order valence-corrected chi connectivity index (χ4v) is 4.16. The molecular weight excluding hydrogens is 431 g/mol. The number of nitrogens with one attached hydrogen (secondary N) is 2. The maximum absolute atomic E-state index is 13.1. The van der Waals surface area contributed by atoms with Crippen LogP contribution in [0.2, 0.25) is 0 Å². The molecule has 1 atom stereocenters. The van der Waals surface area contributed by atoms with Gasteiger partial charge in [-0.2, -0.15) is 10.4 Å². The van der Waals surface area contributed by atoms with Crippen LogP contribution in [0, 0.1) is 30.0 Å². The number of carbonyl (C=O) groups is 2. The predicted octanol–water partition coefficient (Wildman–Crippen LogP) is 5.06. The molecule has 6 nitrogen and oxygen atoms in total. The molecule has 0 spiro atoms. The largest absolute Gasteiger partial charge is 0.325 e. The summed E-state index contributed by atoms with van der Waals surface area (Å²) in [6.45, 7) is 2.04. The standard InChI is InChI=1S/C27H19FN4O2/c1-15-2-4-16(5-3-15)17-6-7-18-13-22-24(21(18)12-17)31-32-25(22)26(33)23(14-29)27(34)30-20-10-8-19(28)9-11-20/h2-12,23H,13H2,1H3,(H,30,34)(H,31,32). The lowest BCUT2D eigenvalue weighted by Gasteiger charge is -2.09. The summed E-state index contributed by atoms with van der Waals surface area (Å²) in [6.07, 6.45) is 0.480. The average molecular weight is 450 g/mol. The van der Waals surface area contributed by atoms with Crippen molar-refractivity contribution in [1.29, 1.82) is 5.26 Å². The third-order valence-electron chi connectivity index (χ3n) is 6.00. The summed E-state index contributed by atoms with van der Waals surface area (Å²) >= 11 is 0. The Balaban J connectivity index is 1.41. The summed E-state index contributed by atoms with van der Waals surface area (Å²) in [7, 11) is 0. The maximum Gasteiger partial charge on any atom is 0.249 e. The van der Waals surface area contributed by atoms with Crippen LogP contribution in [-0.2, 0) is 11.2 Å². The van der Waals surface area contributed by atoms with Gasteiger partial charge >= 0.3 is 0 Å². The molecule has 1 aliphatic rings. The minimum Gasteiger partial charge on any atom is -0.325 e. The second kappa shape index (κ2) is 8.41. The van der Waals surface area contributed by atoms with Gasteiger partial charge in [-0.15, -0.1) is 0 Å². The van der Waals surface area contributed by atoms with E-state index in [1.807, 2.05) is 19.1 Å². The molecule has 1 unspecified atom stereocenters. The molecule has 166 valence electrons. The zero-order chi connectivity index (χ0) is 23.8. The van der Waals surface area contributed by atoms with Gasteiger partial charge in [0.05, 0.1) is 11.8 Å². The quantitative estimate of drug-likeness (QED) is 0.289. The van der Waals surface area contributed by atoms with Gasteiger partial charge in [0.1, 0.15) is 11.5 Å². The van der Waals surface area contributed by atoms with Crippen molar-refractivity contribution in [1.82, 2.24) is 10.2 Å². The number of Topliss-reactive ketones (excluding diaryl/α,β-unsaturated/α-hetero) is 1. The predicted molar refractivity (Wildman–Crippen MR) is 125 cm³/mol. The first-order chi connectivity index (χ1) is 16.4. The molecule has 34 heavy (non-hydrogen) atoms. The van der Waals surface area contributed by atoms with Gasteiger partial charge < -0.3 is 5.32 Å². The number of nitriles is 1. The first-order valence-electron chi connectivity index (χ1n) is 10.7. The van der Waals surface area contributed by atoms with E-state index in [-0.39, 0.29) is 5.69 Å². The third-order valence-corrected chi connectivity index (χ3v) is 6.00. The van der Waals surface area contributed by atoms with E-state index in [0.717, 1.165) is 27.9 Å². The number of benzene rings is 3. The Morgan fingerprint density at radius 3 is 2.47 bits per heavy atom. The van der Waals surface area contributed by atoms with E-state index in [9.17, 15) is 19.2 Å². The molecule has 4 aromatic rings. The van der Waals surface area contributed by atoms with E-state index in [1.54, 1.807) is 6.07 Å². The van der Waals surface area contributed by atoms with Crippen molar-refractivity contribution >= 4 is 17.4 Å². The summed E-state index contributed by atoms with van der Waals surface area (Å²) in [5.41, 5.74) is 7.08. The van der Waals surface area contributed by atoms with Gasteiger partial charge in [0.2, 0.25) is 11.7 Å². The highest BCUT2D eigenvalue weighted by Crippen LogP contribution is 2.39. The van der Waals surface area contributed by atoms with E-state index in [0.29, 0.717) is 17.7 Å². The van der Waals surface area contributed by atoms with Crippen molar-refractivity contribution in [2.75, 3.05) is 5.32 Å². The number of H-pyrrole nitrogens is 1. The number of nitrogens with zero attached hydrogens (tertiary/aromatic N) is 2. The van der Waals surface area contributed by atoms with Crippen molar-refractivity contribution < 1.29 is 14.0 Å². The minimum absolute atomic E-state index is 0.0869. The number of halogens is 1. The number of aromatic amines is 1. The lowest BCUT2D eigenvalue weighted by Crippen LogP contribution is -2.29. The van der Waals surface area contributed by atoms with Crippen molar-refractivity contribution in [3.05, 3.63) is 94.9 Å². The molecule has 1 aliphatic carbocycles. The Hall–Kier alpha value is -4.57. The second-order valence-corrected chi connectivity index (χ2v) is 8.26. The highest BCUT2D eigenvalue weighted by atomic mass is 19.1. The number of ketones is 1. The number of aryl methyl sites for hydroxylation is 1. The van der Waals surface area contributed by atoms with Crippen molar-refractivity contribution in [2.45, 2.75) is 13.3 Å². The number of carbonyl (C=O) groups excluding carboxylic acids is 2. The fourth-order valence-electron chi connectivity index (χ4n) is 4.16. The minimum atomic E-state index is -1.58. The number of anilines is 1. The summed E-state index contributed by atoms with van der Waals surface area (Å²) in [4.78, 5) is 25.8. The molecule has 1 heterocycles. The summed E-state index contributed by atoms with van der Waals surface area (Å²) in [6, 6.07) is 21.2. The first kappa shape index (κ1) is 21.3. The van der Waals surface area contributed by atoms with Crippen LogP contribution in [0.1, 0.15) is 27.2 Å². The van der Waals surface area contributed by atoms with Gasteiger partial charge in [0.25, 0.3) is 0 Å². The van der Waals surface area contributed by atoms with Crippen LogP contribution in [-0.4, -0.2) is 21.9 Å². The molecule has 0 bridgehead atoms. The van der Waals surface area contributed by atoms with Crippen LogP contribution in [0.15, 0.2) is 66.7 Å². The Labute approximate surface area is 195 Å². The zero-order valence-corrected chi connectivity index (χ0v) is 18.2. The smallest absolute Gasteiger partial charge is 0.249 e. The molecule has 0 saturated heterocycles. The van der Waals surface area contributed by atoms with Crippen LogP contribution >= 0.6 is 0 Å². The summed E-state index contributed by atoms with van der Waals surface area (Å²) in [5, 5.41) is 19.1. The lowest BCUT2D eigenvalue weighted by atomic mass is 9.98. The number of amides is 1. The topological polar surface area (TPSA) is 98.6 Å². The number of hydrogen-bond acceptors (Lipinski definition) is 4. The van der Waals surface area contributed by atoms with Gasteiger partial charge in [0.15, 0.2) is 5.92 Å². The second-order valence-electron chi connectivity index (χ2n) is 8.26. The van der Waals surface area contributed by atoms with Gasteiger partial charge in [-0.3, -0.25) is 14.7 Å². The Morgan fingerprint density at radius 1 is 1.06 bits per heavy atom. The monoisotopic (exact) mass is 450 g/mol. The van der Waals surface area contributed by atoms with E-state index in [4.69, 9.17) is 0 Å². The Morgan fingerprint density at radius 2 is 1.76 bits per heavy atom. The summed E-state index contributed by atoms with van der Waals surface area (Å²) in [5.74, 6) is -3.49. The molecule has 7 heteroatoms. The highest BCUT2D eigenvalue weighted by molar-refractivity contribution is 6.16. The van der Waals surface area contributed by atoms with E-state index < -0.39 is 23.4 Å². The third kappa shape index (κ3) is 3.76. The van der Waals surface area contributed by atoms with Crippen LogP contribution in [0.5, 0.6) is 0 Å². The molecular formula is C27H19FN4O2. The molecule has 1 amide bonds. The van der Waals surface area contributed by atoms with E-state index in [1.165, 1.54) is 29.8 Å². The molecule has 1 aromatic heterocycles. The van der Waals surface area contributed by atoms with Crippen molar-refractivity contribution in [2.24, 2.45) is 5.92 Å². The zero-order valence-electron chi connectivity index (χ0n) is 18.2. The normalized spacial score (nSPS) is 12.4. The molecule has 0 saturated carbocycles. The van der Waals surface area contributed by atoms with Crippen molar-refractivity contribution in [3.8, 4) is 28.5 Å². The maximum atomic E-state index is 13.1. The summed E-state index contributed by atoms with van der Waals surface area (Å²) < 4.78 is 13.1. The number of fused-ring (bicyclic) bond motifs is 3. The molecule has 0 radical (unpaired) electrons. The van der Waals surface area contributed by atoms with Gasteiger partial charge in [-0.25, -0.2) is 4.39 Å². The molecule has 0 aliphatic heterocycles. The molecule has 3 aromatic carbocycles. The molecule has 5 rings (SSSR count). The van der Waals surface area contributed by atoms with Crippen LogP contribution in [0.25, 0.3) is 22.4 Å². The van der Waals surface area contributed by atoms with E-state index in [2.05, 4.69) is 45.8 Å². The first-order valence-corrected chi connectivity index (χ1v) is 10.7. The van der Waals surface area contributed by atoms with E-state index >= 15 is 0 Å². The molecule has 0 fully saturated rings. The lowest BCUT2D eigenvalue weighted by molar-refractivity contribution is -0.117. The number of rotatable bonds is 5. The Kier molecular flexibility index (Phi) is 5.27. The SMILES string of the molecule is Cc1ccc(-c2ccc3c(c2)-c2[nH]nc(C(=O)C(C#N)C(=O)Nc4ccc(F)cc4)c2C3)cc1. The van der Waals surface area contributed by atoms with Crippen molar-refractivity contribution in [3.63, 3.8) is 0 Å². The van der Waals surface area contributed by atoms with Gasteiger partial charge in [0, 0.05) is 23.2 Å². The molecule has 2 N–H and O–H groups in total. The van der Waals surface area contributed by atoms with Crippen LogP contribution < -0.4 is 5.32 Å². The van der Waals surface area contributed by atoms with Crippen LogP contribution in [0.3, 0.4) is 0 Å². The highest BCUT2D eigenvalue weighted by Gasteiger charge is 2.34. The fraction of sp³-hybridized carbons (Fsp3) is 0.111. The Bertz CT molecular complexity index is 1460.